The summed E-state index contributed by atoms with van der Waals surface area (Å²) in [4.78, 5) is 33.4. The zero-order valence-electron chi connectivity index (χ0n) is 18.2. The van der Waals surface area contributed by atoms with Crippen molar-refractivity contribution in [2.75, 3.05) is 33.8 Å². The van der Waals surface area contributed by atoms with Gasteiger partial charge in [-0.05, 0) is 44.3 Å². The minimum absolute atomic E-state index is 0.0717. The molecule has 1 atom stereocenters. The van der Waals surface area contributed by atoms with Crippen LogP contribution in [0.4, 0.5) is 0 Å². The molecule has 1 aliphatic heterocycles. The molecule has 0 spiro atoms. The van der Waals surface area contributed by atoms with Crippen LogP contribution in [0.3, 0.4) is 0 Å². The summed E-state index contributed by atoms with van der Waals surface area (Å²) in [7, 11) is 3.80. The molecule has 1 aliphatic rings. The number of ether oxygens (including phenoxy) is 1. The quantitative estimate of drug-likeness (QED) is 0.289. The Morgan fingerprint density at radius 3 is 2.71 bits per heavy atom. The van der Waals surface area contributed by atoms with Gasteiger partial charge in [0.15, 0.2) is 0 Å². The van der Waals surface area contributed by atoms with E-state index < -0.39 is 17.7 Å². The first-order valence-corrected chi connectivity index (χ1v) is 10.5. The third kappa shape index (κ3) is 5.11. The monoisotopic (exact) mass is 423 g/mol. The topological polar surface area (TPSA) is 83.0 Å². The van der Waals surface area contributed by atoms with Crippen LogP contribution in [0.5, 0.6) is 5.75 Å². The lowest BCUT2D eigenvalue weighted by Gasteiger charge is -2.26. The van der Waals surface area contributed by atoms with Crippen molar-refractivity contribution in [3.8, 4) is 5.75 Å². The number of Topliss-reactive ketones (excluding diaryl/α,β-unsaturated/α-hetero) is 1. The van der Waals surface area contributed by atoms with E-state index in [0.717, 1.165) is 12.8 Å². The Morgan fingerprint density at radius 2 is 2.03 bits per heavy atom. The van der Waals surface area contributed by atoms with Crippen molar-refractivity contribution in [1.29, 1.82) is 0 Å². The molecule has 3 rings (SSSR count). The van der Waals surface area contributed by atoms with E-state index in [1.54, 1.807) is 42.7 Å². The Labute approximate surface area is 183 Å². The van der Waals surface area contributed by atoms with Crippen LogP contribution in [-0.4, -0.2) is 65.4 Å². The van der Waals surface area contributed by atoms with Gasteiger partial charge in [-0.25, -0.2) is 0 Å². The fourth-order valence-electron chi connectivity index (χ4n) is 3.53. The molecule has 2 heterocycles. The molecular weight excluding hydrogens is 394 g/mol. The fourth-order valence-corrected chi connectivity index (χ4v) is 3.53. The molecular formula is C24H29N3O4. The van der Waals surface area contributed by atoms with Gasteiger partial charge in [0.25, 0.3) is 11.7 Å². The molecule has 1 aromatic heterocycles. The highest BCUT2D eigenvalue weighted by molar-refractivity contribution is 6.46. The number of likely N-dealkylation sites (tertiary alicyclic amines) is 1. The molecule has 1 N–H and O–H groups in total. The maximum atomic E-state index is 13.0. The molecule has 1 saturated heterocycles. The molecule has 7 nitrogen and oxygen atoms in total. The van der Waals surface area contributed by atoms with Gasteiger partial charge in [0.05, 0.1) is 18.2 Å². The van der Waals surface area contributed by atoms with E-state index in [1.807, 2.05) is 25.1 Å². The Hall–Kier alpha value is -3.19. The van der Waals surface area contributed by atoms with Crippen molar-refractivity contribution in [2.24, 2.45) is 0 Å². The fraction of sp³-hybridized carbons (Fsp3) is 0.375. The molecule has 0 aliphatic carbocycles. The number of unbranched alkanes of at least 4 members (excludes halogenated alkanes) is 1. The van der Waals surface area contributed by atoms with E-state index >= 15 is 0 Å². The molecule has 1 aromatic carbocycles. The second-order valence-corrected chi connectivity index (χ2v) is 7.81. The summed E-state index contributed by atoms with van der Waals surface area (Å²) in [5.41, 5.74) is 1.19. The number of aromatic nitrogens is 1. The predicted octanol–water partition coefficient (Wildman–Crippen LogP) is 3.24. The minimum atomic E-state index is -0.696. The zero-order valence-corrected chi connectivity index (χ0v) is 18.2. The summed E-state index contributed by atoms with van der Waals surface area (Å²) in [6.07, 6.45) is 5.19. The van der Waals surface area contributed by atoms with E-state index in [0.29, 0.717) is 36.6 Å². The van der Waals surface area contributed by atoms with Crippen molar-refractivity contribution >= 4 is 17.4 Å². The van der Waals surface area contributed by atoms with Crippen LogP contribution >= 0.6 is 0 Å². The van der Waals surface area contributed by atoms with Crippen LogP contribution in [0, 0.1) is 0 Å². The van der Waals surface area contributed by atoms with Crippen LogP contribution < -0.4 is 4.74 Å². The van der Waals surface area contributed by atoms with E-state index in [2.05, 4.69) is 11.9 Å². The third-order valence-electron chi connectivity index (χ3n) is 5.20. The second-order valence-electron chi connectivity index (χ2n) is 7.81. The van der Waals surface area contributed by atoms with E-state index in [1.165, 1.54) is 4.90 Å². The Balaban J connectivity index is 2.03. The Morgan fingerprint density at radius 1 is 1.23 bits per heavy atom. The van der Waals surface area contributed by atoms with Gasteiger partial charge in [0.2, 0.25) is 0 Å². The number of likely N-dealkylation sites (N-methyl/N-ethyl adjacent to an activating group) is 1. The lowest BCUT2D eigenvalue weighted by molar-refractivity contribution is -0.140. The van der Waals surface area contributed by atoms with Gasteiger partial charge in [-0.1, -0.05) is 31.5 Å². The number of aliphatic hydroxyl groups is 1. The number of aliphatic hydroxyl groups excluding tert-OH is 1. The molecule has 1 amide bonds. The Bertz CT molecular complexity index is 956. The summed E-state index contributed by atoms with van der Waals surface area (Å²) in [6.45, 7) is 3.60. The molecule has 2 aromatic rings. The maximum absolute atomic E-state index is 13.0. The van der Waals surface area contributed by atoms with Crippen molar-refractivity contribution in [3.63, 3.8) is 0 Å². The summed E-state index contributed by atoms with van der Waals surface area (Å²) < 4.78 is 5.73. The number of ketones is 1. The average Bonchev–Trinajstić information content (AvgIpc) is 3.03. The first-order valence-electron chi connectivity index (χ1n) is 10.5. The molecule has 164 valence electrons. The largest absolute Gasteiger partial charge is 0.507 e. The van der Waals surface area contributed by atoms with E-state index in [-0.39, 0.29) is 11.3 Å². The van der Waals surface area contributed by atoms with Gasteiger partial charge in [-0.3, -0.25) is 14.6 Å². The molecule has 1 unspecified atom stereocenters. The molecule has 0 bridgehead atoms. The van der Waals surface area contributed by atoms with Gasteiger partial charge in [0.1, 0.15) is 11.5 Å². The van der Waals surface area contributed by atoms with Crippen LogP contribution in [0.1, 0.15) is 36.9 Å². The maximum Gasteiger partial charge on any atom is 0.295 e. The summed E-state index contributed by atoms with van der Waals surface area (Å²) in [5.74, 6) is -0.909. The number of nitrogens with zero attached hydrogens (tertiary/aromatic N) is 3. The van der Waals surface area contributed by atoms with Crippen molar-refractivity contribution in [3.05, 3.63) is 65.5 Å². The average molecular weight is 424 g/mol. The number of carbonyl (C=O) groups excluding carboxylic acids is 2. The van der Waals surface area contributed by atoms with E-state index in [4.69, 9.17) is 4.74 Å². The normalized spacial score (nSPS) is 18.1. The molecule has 7 heteroatoms. The molecule has 0 radical (unpaired) electrons. The summed E-state index contributed by atoms with van der Waals surface area (Å²) in [6, 6.07) is 9.83. The number of hydrogen-bond donors (Lipinski definition) is 1. The number of hydrogen-bond acceptors (Lipinski definition) is 6. The van der Waals surface area contributed by atoms with Crippen LogP contribution in [0.2, 0.25) is 0 Å². The third-order valence-corrected chi connectivity index (χ3v) is 5.20. The number of pyridine rings is 1. The number of benzene rings is 1. The number of rotatable bonds is 9. The standard InChI is InChI=1S/C24H29N3O4/c1-4-5-14-31-19-10-6-8-17(15-19)22(28)20-21(18-9-7-11-25-16-18)27(13-12-26(2)3)24(30)23(20)29/h6-11,15-16,21,28H,4-5,12-14H2,1-3H3. The minimum Gasteiger partial charge on any atom is -0.507 e. The highest BCUT2D eigenvalue weighted by Crippen LogP contribution is 2.39. The second kappa shape index (κ2) is 10.2. The lowest BCUT2D eigenvalue weighted by Crippen LogP contribution is -2.35. The van der Waals surface area contributed by atoms with Gasteiger partial charge in [0, 0.05) is 31.0 Å². The first-order chi connectivity index (χ1) is 14.9. The lowest BCUT2D eigenvalue weighted by atomic mass is 9.96. The highest BCUT2D eigenvalue weighted by atomic mass is 16.5. The summed E-state index contributed by atoms with van der Waals surface area (Å²) in [5, 5.41) is 11.1. The molecule has 31 heavy (non-hydrogen) atoms. The smallest absolute Gasteiger partial charge is 0.295 e. The van der Waals surface area contributed by atoms with Gasteiger partial charge in [-0.2, -0.15) is 0 Å². The van der Waals surface area contributed by atoms with Crippen molar-refractivity contribution in [1.82, 2.24) is 14.8 Å². The van der Waals surface area contributed by atoms with Crippen LogP contribution in [0.15, 0.2) is 54.4 Å². The first kappa shape index (κ1) is 22.5. The number of carbonyl (C=O) groups is 2. The zero-order chi connectivity index (χ0) is 22.4. The van der Waals surface area contributed by atoms with Crippen LogP contribution in [-0.2, 0) is 9.59 Å². The Kier molecular flexibility index (Phi) is 7.41. The van der Waals surface area contributed by atoms with Gasteiger partial charge >= 0.3 is 0 Å². The summed E-state index contributed by atoms with van der Waals surface area (Å²) >= 11 is 0. The van der Waals surface area contributed by atoms with Crippen molar-refractivity contribution in [2.45, 2.75) is 25.8 Å². The number of amides is 1. The highest BCUT2D eigenvalue weighted by Gasteiger charge is 2.46. The molecule has 0 saturated carbocycles. The van der Waals surface area contributed by atoms with Crippen LogP contribution in [0.25, 0.3) is 5.76 Å². The predicted molar refractivity (Wildman–Crippen MR) is 119 cm³/mol. The van der Waals surface area contributed by atoms with E-state index in [9.17, 15) is 14.7 Å². The van der Waals surface area contributed by atoms with Gasteiger partial charge in [-0.15, -0.1) is 0 Å². The molecule has 1 fully saturated rings. The SMILES string of the molecule is CCCCOc1cccc(C(O)=C2C(=O)C(=O)N(CCN(C)C)C2c2cccnc2)c1. The van der Waals surface area contributed by atoms with Gasteiger partial charge < -0.3 is 19.6 Å². The van der Waals surface area contributed by atoms with Crippen molar-refractivity contribution < 1.29 is 19.4 Å².